The van der Waals surface area contributed by atoms with Gasteiger partial charge in [0, 0.05) is 37.2 Å². The fraction of sp³-hybridized carbons (Fsp3) is 0.529. The van der Waals surface area contributed by atoms with Crippen molar-refractivity contribution in [1.29, 1.82) is 0 Å². The molecule has 46 heavy (non-hydrogen) atoms. The van der Waals surface area contributed by atoms with Crippen molar-refractivity contribution in [3.8, 4) is 5.75 Å². The Morgan fingerprint density at radius 1 is 0.870 bits per heavy atom. The SMILES string of the molecule is CCCCCCN(CCCCCCCCCCCCNC(=O)c1cc2ccc(O)cc2oc1=O)S(=O)(=O)c1ccccc1[N+](=O)[O-]. The van der Waals surface area contributed by atoms with Gasteiger partial charge in [-0.25, -0.2) is 13.2 Å². The number of aromatic hydroxyl groups is 1. The van der Waals surface area contributed by atoms with Crippen LogP contribution in [0.2, 0.25) is 0 Å². The Kier molecular flexibility index (Phi) is 15.2. The average molecular weight is 658 g/mol. The van der Waals surface area contributed by atoms with E-state index in [4.69, 9.17) is 4.42 Å². The number of rotatable bonds is 22. The summed E-state index contributed by atoms with van der Waals surface area (Å²) in [5, 5.41) is 24.3. The van der Waals surface area contributed by atoms with Crippen molar-refractivity contribution in [2.45, 2.75) is 102 Å². The van der Waals surface area contributed by atoms with Crippen molar-refractivity contribution in [2.24, 2.45) is 0 Å². The molecule has 1 heterocycles. The molecule has 0 aliphatic rings. The van der Waals surface area contributed by atoms with Crippen LogP contribution in [-0.4, -0.2) is 48.3 Å². The van der Waals surface area contributed by atoms with E-state index in [9.17, 15) is 33.2 Å². The number of benzene rings is 2. The fourth-order valence-corrected chi connectivity index (χ4v) is 7.09. The largest absolute Gasteiger partial charge is 0.508 e. The molecule has 0 aliphatic carbocycles. The van der Waals surface area contributed by atoms with Gasteiger partial charge in [0.2, 0.25) is 10.0 Å². The number of hydrogen-bond donors (Lipinski definition) is 2. The van der Waals surface area contributed by atoms with E-state index < -0.39 is 26.5 Å². The highest BCUT2D eigenvalue weighted by molar-refractivity contribution is 7.89. The van der Waals surface area contributed by atoms with Crippen LogP contribution < -0.4 is 10.9 Å². The summed E-state index contributed by atoms with van der Waals surface area (Å²) >= 11 is 0. The molecular weight excluding hydrogens is 610 g/mol. The van der Waals surface area contributed by atoms with Gasteiger partial charge in [0.15, 0.2) is 4.90 Å². The molecular formula is C34H47N3O8S. The zero-order valence-electron chi connectivity index (χ0n) is 26.7. The molecule has 3 rings (SSSR count). The lowest BCUT2D eigenvalue weighted by molar-refractivity contribution is -0.387. The molecule has 1 aromatic heterocycles. The second-order valence-corrected chi connectivity index (χ2v) is 13.6. The van der Waals surface area contributed by atoms with E-state index in [0.29, 0.717) is 31.4 Å². The number of phenolic OH excluding ortho intramolecular Hbond substituents is 1. The number of nitro benzene ring substituents is 1. The summed E-state index contributed by atoms with van der Waals surface area (Å²) in [6.45, 7) is 3.28. The zero-order valence-corrected chi connectivity index (χ0v) is 27.6. The lowest BCUT2D eigenvalue weighted by Gasteiger charge is -2.22. The summed E-state index contributed by atoms with van der Waals surface area (Å²) in [6, 6.07) is 11.4. The molecule has 2 aromatic carbocycles. The smallest absolute Gasteiger partial charge is 0.349 e. The van der Waals surface area contributed by atoms with Crippen molar-refractivity contribution in [3.05, 3.63) is 74.6 Å². The molecule has 11 nitrogen and oxygen atoms in total. The van der Waals surface area contributed by atoms with Gasteiger partial charge in [-0.3, -0.25) is 14.9 Å². The maximum absolute atomic E-state index is 13.4. The second kappa shape index (κ2) is 19.0. The lowest BCUT2D eigenvalue weighted by atomic mass is 10.1. The van der Waals surface area contributed by atoms with Gasteiger partial charge in [-0.1, -0.05) is 89.7 Å². The van der Waals surface area contributed by atoms with Crippen molar-refractivity contribution >= 4 is 32.6 Å². The Balaban J connectivity index is 1.29. The van der Waals surface area contributed by atoms with Gasteiger partial charge in [0.1, 0.15) is 16.9 Å². The third-order valence-electron chi connectivity index (χ3n) is 8.02. The predicted octanol–water partition coefficient (Wildman–Crippen LogP) is 7.31. The van der Waals surface area contributed by atoms with Crippen LogP contribution >= 0.6 is 0 Å². The first-order valence-corrected chi connectivity index (χ1v) is 17.9. The standard InChI is InChI=1S/C34H47N3O8S/c1-2-3-4-16-23-36(46(43,44)32-19-14-13-18-30(32)37(41)42)24-17-12-10-8-6-5-7-9-11-15-22-35-33(39)29-25-27-20-21-28(38)26-31(27)45-34(29)40/h13-14,18-21,25-26,38H,2-12,15-17,22-24H2,1H3,(H,35,39). The number of para-hydroxylation sites is 1. The number of amides is 1. The molecule has 0 aliphatic heterocycles. The molecule has 0 fully saturated rings. The minimum atomic E-state index is -3.97. The molecule has 2 N–H and O–H groups in total. The fourth-order valence-electron chi connectivity index (χ4n) is 5.42. The van der Waals surface area contributed by atoms with Crippen LogP contribution in [0.4, 0.5) is 5.69 Å². The van der Waals surface area contributed by atoms with E-state index in [1.807, 2.05) is 0 Å². The molecule has 0 spiro atoms. The van der Waals surface area contributed by atoms with Crippen LogP contribution in [0.3, 0.4) is 0 Å². The van der Waals surface area contributed by atoms with Gasteiger partial charge in [-0.15, -0.1) is 0 Å². The second-order valence-electron chi connectivity index (χ2n) is 11.7. The Hall–Kier alpha value is -3.77. The monoisotopic (exact) mass is 657 g/mol. The number of carbonyl (C=O) groups excluding carboxylic acids is 1. The number of nitrogens with zero attached hydrogens (tertiary/aromatic N) is 2. The molecule has 0 saturated heterocycles. The van der Waals surface area contributed by atoms with Crippen LogP contribution in [0.25, 0.3) is 11.0 Å². The van der Waals surface area contributed by atoms with Crippen LogP contribution in [0.1, 0.15) is 107 Å². The maximum Gasteiger partial charge on any atom is 0.349 e. The highest BCUT2D eigenvalue weighted by atomic mass is 32.2. The van der Waals surface area contributed by atoms with E-state index in [-0.39, 0.29) is 27.5 Å². The molecule has 0 atom stereocenters. The van der Waals surface area contributed by atoms with Gasteiger partial charge >= 0.3 is 5.63 Å². The first kappa shape index (κ1) is 36.7. The molecule has 0 radical (unpaired) electrons. The van der Waals surface area contributed by atoms with Crippen LogP contribution in [0, 0.1) is 10.1 Å². The highest BCUT2D eigenvalue weighted by Gasteiger charge is 2.30. The van der Waals surface area contributed by atoms with Gasteiger partial charge < -0.3 is 14.8 Å². The maximum atomic E-state index is 13.4. The summed E-state index contributed by atoms with van der Waals surface area (Å²) in [5.74, 6) is -0.488. The predicted molar refractivity (Wildman–Crippen MR) is 179 cm³/mol. The van der Waals surface area contributed by atoms with E-state index in [1.54, 1.807) is 6.07 Å². The Morgan fingerprint density at radius 2 is 1.46 bits per heavy atom. The molecule has 252 valence electrons. The summed E-state index contributed by atoms with van der Waals surface area (Å²) in [7, 11) is -3.97. The number of carbonyl (C=O) groups is 1. The average Bonchev–Trinajstić information content (AvgIpc) is 3.03. The van der Waals surface area contributed by atoms with Crippen LogP contribution in [-0.2, 0) is 10.0 Å². The third kappa shape index (κ3) is 11.2. The van der Waals surface area contributed by atoms with Crippen LogP contribution in [0.5, 0.6) is 5.75 Å². The normalized spacial score (nSPS) is 11.7. The molecule has 0 unspecified atom stereocenters. The number of phenols is 1. The number of nitro groups is 1. The molecule has 12 heteroatoms. The Morgan fingerprint density at radius 3 is 2.09 bits per heavy atom. The molecule has 0 bridgehead atoms. The quantitative estimate of drug-likeness (QED) is 0.0492. The van der Waals surface area contributed by atoms with E-state index >= 15 is 0 Å². The highest BCUT2D eigenvalue weighted by Crippen LogP contribution is 2.27. The van der Waals surface area contributed by atoms with E-state index in [0.717, 1.165) is 83.5 Å². The minimum Gasteiger partial charge on any atom is -0.508 e. The first-order valence-electron chi connectivity index (χ1n) is 16.4. The lowest BCUT2D eigenvalue weighted by Crippen LogP contribution is -2.33. The summed E-state index contributed by atoms with van der Waals surface area (Å²) in [6.07, 6.45) is 13.5. The number of unbranched alkanes of at least 4 members (excludes halogenated alkanes) is 12. The Bertz CT molecular complexity index is 1590. The Labute approximate surface area is 271 Å². The summed E-state index contributed by atoms with van der Waals surface area (Å²) in [4.78, 5) is 35.2. The van der Waals surface area contributed by atoms with Crippen LogP contribution in [0.15, 0.2) is 62.6 Å². The first-order chi connectivity index (χ1) is 22.1. The van der Waals surface area contributed by atoms with Crippen molar-refractivity contribution in [2.75, 3.05) is 19.6 Å². The van der Waals surface area contributed by atoms with Crippen molar-refractivity contribution in [1.82, 2.24) is 9.62 Å². The number of hydrogen-bond acceptors (Lipinski definition) is 8. The van der Waals surface area contributed by atoms with Gasteiger partial charge in [-0.05, 0) is 43.5 Å². The third-order valence-corrected chi connectivity index (χ3v) is 9.97. The minimum absolute atomic E-state index is 0.0181. The molecule has 0 saturated carbocycles. The topological polar surface area (TPSA) is 160 Å². The van der Waals surface area contributed by atoms with Gasteiger partial charge in [-0.2, -0.15) is 4.31 Å². The number of fused-ring (bicyclic) bond motifs is 1. The summed E-state index contributed by atoms with van der Waals surface area (Å²) in [5.41, 5.74) is -0.951. The number of nitrogens with one attached hydrogen (secondary N) is 1. The molecule has 3 aromatic rings. The van der Waals surface area contributed by atoms with Gasteiger partial charge in [0.25, 0.3) is 11.6 Å². The number of sulfonamides is 1. The molecule has 1 amide bonds. The zero-order chi connectivity index (χ0) is 33.4. The van der Waals surface area contributed by atoms with Crippen molar-refractivity contribution in [3.63, 3.8) is 0 Å². The summed E-state index contributed by atoms with van der Waals surface area (Å²) < 4.78 is 33.4. The van der Waals surface area contributed by atoms with Gasteiger partial charge in [0.05, 0.1) is 4.92 Å². The van der Waals surface area contributed by atoms with E-state index in [2.05, 4.69) is 12.2 Å². The van der Waals surface area contributed by atoms with Crippen molar-refractivity contribution < 1.29 is 27.7 Å². The van der Waals surface area contributed by atoms with E-state index in [1.165, 1.54) is 46.8 Å².